The minimum atomic E-state index is -3.02. The minimum absolute atomic E-state index is 0.0207. The van der Waals surface area contributed by atoms with Crippen molar-refractivity contribution in [1.82, 2.24) is 20.0 Å². The average Bonchev–Trinajstić information content (AvgIpc) is 2.86. The largest absolute Gasteiger partial charge is 0.367 e. The second kappa shape index (κ2) is 7.22. The van der Waals surface area contributed by atoms with Crippen LogP contribution in [-0.4, -0.2) is 86.1 Å². The second-order valence-electron chi connectivity index (χ2n) is 6.01. The van der Waals surface area contributed by atoms with Gasteiger partial charge in [0.15, 0.2) is 15.5 Å². The van der Waals surface area contributed by atoms with E-state index in [1.807, 2.05) is 19.0 Å². The van der Waals surface area contributed by atoms with Gasteiger partial charge in [-0.2, -0.15) is 0 Å². The highest BCUT2D eigenvalue weighted by Crippen LogP contribution is 2.18. The Hall–Kier alpha value is -1.74. The molecule has 1 amide bonds. The van der Waals surface area contributed by atoms with Crippen LogP contribution in [0.1, 0.15) is 16.9 Å². The number of anilines is 1. The summed E-state index contributed by atoms with van der Waals surface area (Å²) in [7, 11) is 2.55. The molecule has 1 fully saturated rings. The molecule has 1 saturated heterocycles. The fourth-order valence-electron chi connectivity index (χ4n) is 2.38. The third-order valence-corrected chi connectivity index (χ3v) is 5.58. The van der Waals surface area contributed by atoms with Crippen molar-refractivity contribution in [2.24, 2.45) is 0 Å². The zero-order chi connectivity index (χ0) is 17.0. The zero-order valence-electron chi connectivity index (χ0n) is 13.7. The fraction of sp³-hybridized carbons (Fsp3) is 0.643. The van der Waals surface area contributed by atoms with Crippen molar-refractivity contribution < 1.29 is 13.2 Å². The quantitative estimate of drug-likeness (QED) is 0.759. The van der Waals surface area contributed by atoms with Crippen molar-refractivity contribution in [1.29, 1.82) is 0 Å². The maximum absolute atomic E-state index is 12.4. The number of carbonyl (C=O) groups excluding carboxylic acids is 1. The molecule has 8 nitrogen and oxygen atoms in total. The average molecular weight is 341 g/mol. The molecule has 0 bridgehead atoms. The molecule has 0 spiro atoms. The molecule has 1 aliphatic heterocycles. The summed E-state index contributed by atoms with van der Waals surface area (Å²) < 4.78 is 23.0. The molecule has 128 valence electrons. The molecule has 1 N–H and O–H groups in total. The smallest absolute Gasteiger partial charge is 0.274 e. The van der Waals surface area contributed by atoms with Gasteiger partial charge in [0.25, 0.3) is 5.91 Å². The van der Waals surface area contributed by atoms with Crippen LogP contribution >= 0.6 is 0 Å². The predicted octanol–water partition coefficient (Wildman–Crippen LogP) is -0.291. The molecule has 1 atom stereocenters. The van der Waals surface area contributed by atoms with E-state index in [9.17, 15) is 13.2 Å². The number of likely N-dealkylation sites (N-methyl/N-ethyl adjacent to an activating group) is 1. The number of nitrogens with one attached hydrogen (secondary N) is 1. The Kier molecular flexibility index (Phi) is 5.53. The molecular weight excluding hydrogens is 318 g/mol. The van der Waals surface area contributed by atoms with Gasteiger partial charge in [0, 0.05) is 26.2 Å². The number of nitrogens with zero attached hydrogens (tertiary/aromatic N) is 4. The van der Waals surface area contributed by atoms with Crippen LogP contribution in [0.4, 0.5) is 5.82 Å². The highest BCUT2D eigenvalue weighted by Gasteiger charge is 2.33. The summed E-state index contributed by atoms with van der Waals surface area (Å²) >= 11 is 0. The van der Waals surface area contributed by atoms with E-state index in [2.05, 4.69) is 15.5 Å². The Morgan fingerprint density at radius 2 is 2.04 bits per heavy atom. The van der Waals surface area contributed by atoms with Crippen LogP contribution < -0.4 is 5.32 Å². The van der Waals surface area contributed by atoms with Crippen molar-refractivity contribution in [3.05, 3.63) is 17.8 Å². The number of amides is 1. The van der Waals surface area contributed by atoms with Crippen LogP contribution in [0.15, 0.2) is 12.1 Å². The van der Waals surface area contributed by atoms with E-state index in [4.69, 9.17) is 0 Å². The first-order valence-electron chi connectivity index (χ1n) is 7.48. The first kappa shape index (κ1) is 17.6. The van der Waals surface area contributed by atoms with Gasteiger partial charge in [0.2, 0.25) is 0 Å². The summed E-state index contributed by atoms with van der Waals surface area (Å²) in [6.45, 7) is 1.59. The van der Waals surface area contributed by atoms with E-state index < -0.39 is 9.84 Å². The standard InChI is InChI=1S/C14H23N5O3S/c1-18(2)8-7-15-13-5-4-12(16-17-13)14(20)19(3)11-6-9-23(21,22)10-11/h4-5,11H,6-10H2,1-3H3,(H,15,17). The van der Waals surface area contributed by atoms with E-state index in [1.54, 1.807) is 19.2 Å². The Balaban J connectivity index is 1.94. The third-order valence-electron chi connectivity index (χ3n) is 3.83. The summed E-state index contributed by atoms with van der Waals surface area (Å²) in [5.74, 6) is 0.455. The van der Waals surface area contributed by atoms with Gasteiger partial charge in [-0.25, -0.2) is 8.42 Å². The summed E-state index contributed by atoms with van der Waals surface area (Å²) in [6.07, 6.45) is 0.474. The molecule has 1 aromatic rings. The van der Waals surface area contributed by atoms with E-state index >= 15 is 0 Å². The number of hydrogen-bond acceptors (Lipinski definition) is 7. The molecule has 0 radical (unpaired) electrons. The fourth-order valence-corrected chi connectivity index (χ4v) is 4.15. The van der Waals surface area contributed by atoms with Gasteiger partial charge in [0.1, 0.15) is 5.82 Å². The molecule has 0 aromatic carbocycles. The maximum Gasteiger partial charge on any atom is 0.274 e. The molecule has 2 heterocycles. The minimum Gasteiger partial charge on any atom is -0.367 e. The van der Waals surface area contributed by atoms with Crippen LogP contribution in [0.3, 0.4) is 0 Å². The van der Waals surface area contributed by atoms with Gasteiger partial charge in [-0.15, -0.1) is 10.2 Å². The summed E-state index contributed by atoms with van der Waals surface area (Å²) in [5.41, 5.74) is 0.218. The topological polar surface area (TPSA) is 95.5 Å². The van der Waals surface area contributed by atoms with Crippen LogP contribution in [0.2, 0.25) is 0 Å². The van der Waals surface area contributed by atoms with Crippen LogP contribution in [-0.2, 0) is 9.84 Å². The maximum atomic E-state index is 12.4. The Bertz CT molecular complexity index is 645. The highest BCUT2D eigenvalue weighted by atomic mass is 32.2. The number of hydrogen-bond donors (Lipinski definition) is 1. The van der Waals surface area contributed by atoms with Gasteiger partial charge in [-0.1, -0.05) is 0 Å². The number of aromatic nitrogens is 2. The molecule has 9 heteroatoms. The Morgan fingerprint density at radius 3 is 2.57 bits per heavy atom. The van der Waals surface area contributed by atoms with Crippen LogP contribution in [0.5, 0.6) is 0 Å². The number of carbonyl (C=O) groups is 1. The summed E-state index contributed by atoms with van der Waals surface area (Å²) in [5, 5.41) is 11.0. The Morgan fingerprint density at radius 1 is 1.30 bits per heavy atom. The van der Waals surface area contributed by atoms with Crippen LogP contribution in [0, 0.1) is 0 Å². The van der Waals surface area contributed by atoms with Crippen molar-refractivity contribution in [2.45, 2.75) is 12.5 Å². The van der Waals surface area contributed by atoms with E-state index in [-0.39, 0.29) is 29.1 Å². The lowest BCUT2D eigenvalue weighted by Gasteiger charge is -2.22. The first-order valence-corrected chi connectivity index (χ1v) is 9.30. The van der Waals surface area contributed by atoms with Gasteiger partial charge in [-0.3, -0.25) is 4.79 Å². The molecule has 2 rings (SSSR count). The van der Waals surface area contributed by atoms with Crippen molar-refractivity contribution in [2.75, 3.05) is 51.1 Å². The lowest BCUT2D eigenvalue weighted by Crippen LogP contribution is -2.38. The second-order valence-corrected chi connectivity index (χ2v) is 8.24. The van der Waals surface area contributed by atoms with E-state index in [0.29, 0.717) is 12.2 Å². The van der Waals surface area contributed by atoms with Gasteiger partial charge < -0.3 is 15.1 Å². The monoisotopic (exact) mass is 341 g/mol. The van der Waals surface area contributed by atoms with Crippen LogP contribution in [0.25, 0.3) is 0 Å². The summed E-state index contributed by atoms with van der Waals surface area (Å²) in [6, 6.07) is 3.02. The molecule has 1 unspecified atom stereocenters. The van der Waals surface area contributed by atoms with E-state index in [1.165, 1.54) is 4.90 Å². The molecule has 0 saturated carbocycles. The molecule has 1 aromatic heterocycles. The van der Waals surface area contributed by atoms with Gasteiger partial charge in [0.05, 0.1) is 11.5 Å². The molecule has 23 heavy (non-hydrogen) atoms. The molecular formula is C14H23N5O3S. The lowest BCUT2D eigenvalue weighted by atomic mass is 10.2. The lowest BCUT2D eigenvalue weighted by molar-refractivity contribution is 0.0740. The normalized spacial score (nSPS) is 19.7. The van der Waals surface area contributed by atoms with E-state index in [0.717, 1.165) is 13.1 Å². The van der Waals surface area contributed by atoms with Gasteiger partial charge >= 0.3 is 0 Å². The summed E-state index contributed by atoms with van der Waals surface area (Å²) in [4.78, 5) is 15.9. The van der Waals surface area contributed by atoms with Crippen molar-refractivity contribution in [3.8, 4) is 0 Å². The van der Waals surface area contributed by atoms with Crippen molar-refractivity contribution in [3.63, 3.8) is 0 Å². The zero-order valence-corrected chi connectivity index (χ0v) is 14.5. The van der Waals surface area contributed by atoms with Gasteiger partial charge in [-0.05, 0) is 32.6 Å². The first-order chi connectivity index (χ1) is 10.8. The molecule has 1 aliphatic rings. The van der Waals surface area contributed by atoms with Crippen molar-refractivity contribution >= 4 is 21.6 Å². The molecule has 0 aliphatic carbocycles. The highest BCUT2D eigenvalue weighted by molar-refractivity contribution is 7.91. The Labute approximate surface area is 136 Å². The third kappa shape index (κ3) is 4.87. The predicted molar refractivity (Wildman–Crippen MR) is 88.2 cm³/mol. The SMILES string of the molecule is CN(C)CCNc1ccc(C(=O)N(C)C2CCS(=O)(=O)C2)nn1. The number of rotatable bonds is 6. The number of sulfone groups is 1.